The lowest BCUT2D eigenvalue weighted by atomic mass is 9.82. The van der Waals surface area contributed by atoms with Crippen molar-refractivity contribution in [1.82, 2.24) is 0 Å². The van der Waals surface area contributed by atoms with Gasteiger partial charge in [-0.3, -0.25) is 0 Å². The van der Waals surface area contributed by atoms with Crippen LogP contribution in [0.3, 0.4) is 0 Å². The molecule has 0 spiro atoms. The van der Waals surface area contributed by atoms with Crippen molar-refractivity contribution in [2.75, 3.05) is 0 Å². The van der Waals surface area contributed by atoms with Crippen LogP contribution in [0.25, 0.3) is 0 Å². The maximum absolute atomic E-state index is 2.43. The van der Waals surface area contributed by atoms with Gasteiger partial charge in [0.05, 0.1) is 0 Å². The van der Waals surface area contributed by atoms with Crippen LogP contribution in [0, 0.1) is 12.3 Å². The largest absolute Gasteiger partial charge is 0.0651 e. The minimum absolute atomic E-state index is 1.00. The Bertz CT molecular complexity index is 44.0. The van der Waals surface area contributed by atoms with Crippen LogP contribution in [0.5, 0.6) is 0 Å². The second-order valence-electron chi connectivity index (χ2n) is 2.33. The summed E-state index contributed by atoms with van der Waals surface area (Å²) in [6.45, 7) is 2.22. The molecule has 0 heteroatoms. The van der Waals surface area contributed by atoms with E-state index in [-0.39, 0.29) is 0 Å². The van der Waals surface area contributed by atoms with Crippen LogP contribution in [0.15, 0.2) is 0 Å². The number of hydrogen-bond acceptors (Lipinski definition) is 0. The number of rotatable bonds is 2. The van der Waals surface area contributed by atoms with E-state index in [1.54, 1.807) is 0 Å². The van der Waals surface area contributed by atoms with Gasteiger partial charge in [0.2, 0.25) is 0 Å². The molecule has 0 aromatic rings. The molecular weight excluding hydrogens is 84.1 g/mol. The highest BCUT2D eigenvalue weighted by atomic mass is 14.2. The summed E-state index contributed by atoms with van der Waals surface area (Å²) in [6.07, 6.45) is 8.11. The molecule has 0 N–H and O–H groups in total. The van der Waals surface area contributed by atoms with E-state index in [4.69, 9.17) is 0 Å². The first-order chi connectivity index (χ1) is 3.43. The zero-order valence-corrected chi connectivity index (χ0v) is 4.98. The van der Waals surface area contributed by atoms with E-state index < -0.39 is 0 Å². The molecular formula is C7H13. The Morgan fingerprint density at radius 1 is 1.57 bits per heavy atom. The Balaban J connectivity index is 1.93. The predicted molar refractivity (Wildman–Crippen MR) is 31.9 cm³/mol. The van der Waals surface area contributed by atoms with Crippen LogP contribution in [0.2, 0.25) is 0 Å². The predicted octanol–water partition coefficient (Wildman–Crippen LogP) is 2.40. The molecule has 1 fully saturated rings. The minimum Gasteiger partial charge on any atom is -0.0651 e. The van der Waals surface area contributed by atoms with Crippen LogP contribution < -0.4 is 0 Å². The molecule has 0 unspecified atom stereocenters. The van der Waals surface area contributed by atoms with Crippen LogP contribution in [-0.4, -0.2) is 0 Å². The third-order valence-electron chi connectivity index (χ3n) is 1.72. The van der Waals surface area contributed by atoms with Gasteiger partial charge < -0.3 is 0 Å². The van der Waals surface area contributed by atoms with Gasteiger partial charge >= 0.3 is 0 Å². The molecule has 0 heterocycles. The lowest BCUT2D eigenvalue weighted by Crippen LogP contribution is -2.10. The lowest BCUT2D eigenvalue weighted by Gasteiger charge is -2.23. The Morgan fingerprint density at radius 2 is 2.29 bits per heavy atom. The summed E-state index contributed by atoms with van der Waals surface area (Å²) < 4.78 is 0. The fraction of sp³-hybridized carbons (Fsp3) is 0.857. The molecule has 41 valence electrons. The summed E-state index contributed by atoms with van der Waals surface area (Å²) in [5.74, 6) is 1.00. The maximum atomic E-state index is 2.43. The average molecular weight is 97.2 g/mol. The van der Waals surface area contributed by atoms with Crippen molar-refractivity contribution in [3.63, 3.8) is 0 Å². The van der Waals surface area contributed by atoms with Crippen molar-refractivity contribution in [2.45, 2.75) is 32.6 Å². The van der Waals surface area contributed by atoms with Gasteiger partial charge in [-0.15, -0.1) is 0 Å². The lowest BCUT2D eigenvalue weighted by molar-refractivity contribution is 0.356. The van der Waals surface area contributed by atoms with E-state index in [2.05, 4.69) is 13.3 Å². The van der Waals surface area contributed by atoms with Gasteiger partial charge in [0, 0.05) is 0 Å². The summed E-state index contributed by atoms with van der Waals surface area (Å²) >= 11 is 0. The van der Waals surface area contributed by atoms with Crippen LogP contribution in [0.4, 0.5) is 0 Å². The molecule has 0 aromatic heterocycles. The first-order valence-electron chi connectivity index (χ1n) is 3.27. The molecule has 7 heavy (non-hydrogen) atoms. The minimum atomic E-state index is 1.00. The van der Waals surface area contributed by atoms with Gasteiger partial charge in [-0.25, -0.2) is 0 Å². The summed E-state index contributed by atoms with van der Waals surface area (Å²) in [5.41, 5.74) is 0. The number of hydrogen-bond donors (Lipinski definition) is 0. The van der Waals surface area contributed by atoms with E-state index >= 15 is 0 Å². The summed E-state index contributed by atoms with van der Waals surface area (Å²) in [4.78, 5) is 0. The zero-order valence-electron chi connectivity index (χ0n) is 4.98. The quantitative estimate of drug-likeness (QED) is 0.496. The first-order valence-corrected chi connectivity index (χ1v) is 3.27. The topological polar surface area (TPSA) is 0 Å². The third-order valence-corrected chi connectivity index (χ3v) is 1.72. The van der Waals surface area contributed by atoms with Crippen molar-refractivity contribution >= 4 is 0 Å². The highest BCUT2D eigenvalue weighted by Crippen LogP contribution is 2.29. The maximum Gasteiger partial charge on any atom is -0.0357 e. The molecule has 0 bridgehead atoms. The second kappa shape index (κ2) is 2.34. The molecule has 0 saturated heterocycles. The van der Waals surface area contributed by atoms with Crippen molar-refractivity contribution < 1.29 is 0 Å². The zero-order chi connectivity index (χ0) is 5.11. The summed E-state index contributed by atoms with van der Waals surface area (Å²) in [6, 6.07) is 0. The van der Waals surface area contributed by atoms with E-state index in [9.17, 15) is 0 Å². The van der Waals surface area contributed by atoms with E-state index in [0.717, 1.165) is 5.92 Å². The smallest absolute Gasteiger partial charge is 0.0357 e. The molecule has 1 aliphatic rings. The highest BCUT2D eigenvalue weighted by molar-refractivity contribution is 4.81. The summed E-state index contributed by atoms with van der Waals surface area (Å²) in [5, 5.41) is 0. The van der Waals surface area contributed by atoms with E-state index in [0.29, 0.717) is 0 Å². The standard InChI is InChI=1S/C7H13/c1-2-4-7-5-3-6-7/h4,7H,2-3,5-6H2,1H3. The Labute approximate surface area is 45.9 Å². The van der Waals surface area contributed by atoms with Gasteiger partial charge in [0.15, 0.2) is 0 Å². The molecule has 0 aromatic carbocycles. The molecule has 0 atom stereocenters. The Morgan fingerprint density at radius 3 is 2.43 bits per heavy atom. The van der Waals surface area contributed by atoms with Gasteiger partial charge in [0.25, 0.3) is 0 Å². The van der Waals surface area contributed by atoms with Gasteiger partial charge in [-0.05, 0) is 12.3 Å². The third kappa shape index (κ3) is 1.19. The molecule has 1 aliphatic carbocycles. The molecule has 0 aliphatic heterocycles. The van der Waals surface area contributed by atoms with E-state index in [1.807, 2.05) is 0 Å². The van der Waals surface area contributed by atoms with Crippen molar-refractivity contribution in [1.29, 1.82) is 0 Å². The first kappa shape index (κ1) is 5.14. The molecule has 1 radical (unpaired) electrons. The second-order valence-corrected chi connectivity index (χ2v) is 2.33. The van der Waals surface area contributed by atoms with Crippen LogP contribution in [-0.2, 0) is 0 Å². The van der Waals surface area contributed by atoms with Gasteiger partial charge in [0.1, 0.15) is 0 Å². The van der Waals surface area contributed by atoms with Crippen molar-refractivity contribution in [2.24, 2.45) is 5.92 Å². The van der Waals surface area contributed by atoms with Gasteiger partial charge in [-0.1, -0.05) is 32.6 Å². The Kier molecular flexibility index (Phi) is 1.72. The molecule has 0 amide bonds. The molecule has 1 saturated carbocycles. The fourth-order valence-corrected chi connectivity index (χ4v) is 1.01. The fourth-order valence-electron chi connectivity index (χ4n) is 1.01. The van der Waals surface area contributed by atoms with Crippen LogP contribution in [0.1, 0.15) is 32.6 Å². The van der Waals surface area contributed by atoms with Crippen molar-refractivity contribution in [3.05, 3.63) is 6.42 Å². The molecule has 1 rings (SSSR count). The average Bonchev–Trinajstić information content (AvgIpc) is 1.55. The van der Waals surface area contributed by atoms with Crippen LogP contribution >= 0.6 is 0 Å². The monoisotopic (exact) mass is 97.1 g/mol. The SMILES string of the molecule is CC[CH]C1CCC1. The normalized spacial score (nSPS) is 21.9. The van der Waals surface area contributed by atoms with Gasteiger partial charge in [-0.2, -0.15) is 0 Å². The molecule has 0 nitrogen and oxygen atoms in total. The highest BCUT2D eigenvalue weighted by Gasteiger charge is 2.15. The Hall–Kier alpha value is 0. The summed E-state index contributed by atoms with van der Waals surface area (Å²) in [7, 11) is 0. The van der Waals surface area contributed by atoms with Crippen molar-refractivity contribution in [3.8, 4) is 0 Å². The van der Waals surface area contributed by atoms with E-state index in [1.165, 1.54) is 25.7 Å².